The Morgan fingerprint density at radius 1 is 1.38 bits per heavy atom. The molecule has 0 bridgehead atoms. The third-order valence-corrected chi connectivity index (χ3v) is 3.69. The lowest BCUT2D eigenvalue weighted by Gasteiger charge is -2.30. The molecule has 1 fully saturated rings. The lowest BCUT2D eigenvalue weighted by molar-refractivity contribution is -0.384. The van der Waals surface area contributed by atoms with Crippen LogP contribution >= 0.6 is 0 Å². The molecule has 21 heavy (non-hydrogen) atoms. The van der Waals surface area contributed by atoms with Crippen LogP contribution in [0, 0.1) is 10.1 Å². The monoisotopic (exact) mass is 291 g/mol. The highest BCUT2D eigenvalue weighted by Crippen LogP contribution is 2.21. The number of ketones is 1. The summed E-state index contributed by atoms with van der Waals surface area (Å²) >= 11 is 0. The normalized spacial score (nSPS) is 15.6. The maximum absolute atomic E-state index is 12.1. The molecule has 0 aliphatic heterocycles. The highest BCUT2D eigenvalue weighted by Gasteiger charge is 2.25. The van der Waals surface area contributed by atoms with E-state index in [1.807, 2.05) is 0 Å². The molecule has 2 rings (SSSR count). The van der Waals surface area contributed by atoms with Crippen LogP contribution < -0.4 is 5.32 Å². The van der Waals surface area contributed by atoms with Gasteiger partial charge in [0.25, 0.3) is 5.69 Å². The number of nitrogens with zero attached hydrogens (tertiary/aromatic N) is 2. The van der Waals surface area contributed by atoms with E-state index in [9.17, 15) is 19.7 Å². The number of hydrogen-bond acceptors (Lipinski definition) is 4. The molecule has 7 heteroatoms. The van der Waals surface area contributed by atoms with Crippen LogP contribution in [0.3, 0.4) is 0 Å². The van der Waals surface area contributed by atoms with E-state index in [0.29, 0.717) is 31.4 Å². The number of non-ortho nitro benzene ring substituents is 1. The summed E-state index contributed by atoms with van der Waals surface area (Å²) in [4.78, 5) is 35.1. The predicted octanol–water partition coefficient (Wildman–Crippen LogP) is 2.57. The van der Waals surface area contributed by atoms with E-state index in [0.717, 1.165) is 0 Å². The van der Waals surface area contributed by atoms with Crippen LogP contribution in [0.15, 0.2) is 24.3 Å². The zero-order chi connectivity index (χ0) is 15.4. The molecule has 1 aliphatic rings. The van der Waals surface area contributed by atoms with Crippen LogP contribution in [0.4, 0.5) is 16.2 Å². The second kappa shape index (κ2) is 6.34. The smallest absolute Gasteiger partial charge is 0.321 e. The Morgan fingerprint density at radius 3 is 2.67 bits per heavy atom. The first kappa shape index (κ1) is 15.0. The minimum absolute atomic E-state index is 0.0291. The van der Waals surface area contributed by atoms with Gasteiger partial charge in [-0.15, -0.1) is 0 Å². The SMILES string of the molecule is CN(C(=O)Nc1cccc([N+](=O)[O-])c1)C1CCC(=O)CC1. The van der Waals surface area contributed by atoms with Gasteiger partial charge in [-0.3, -0.25) is 14.9 Å². The highest BCUT2D eigenvalue weighted by molar-refractivity contribution is 5.90. The zero-order valence-corrected chi connectivity index (χ0v) is 11.7. The first-order valence-electron chi connectivity index (χ1n) is 6.77. The van der Waals surface area contributed by atoms with Crippen molar-refractivity contribution in [2.45, 2.75) is 31.7 Å². The fourth-order valence-corrected chi connectivity index (χ4v) is 2.39. The van der Waals surface area contributed by atoms with Crippen molar-refractivity contribution in [2.75, 3.05) is 12.4 Å². The number of amides is 2. The number of nitro groups is 1. The number of nitrogens with one attached hydrogen (secondary N) is 1. The molecule has 1 N–H and O–H groups in total. The van der Waals surface area contributed by atoms with Gasteiger partial charge in [-0.1, -0.05) is 6.07 Å². The molecule has 0 heterocycles. The van der Waals surface area contributed by atoms with Crippen molar-refractivity contribution in [3.63, 3.8) is 0 Å². The van der Waals surface area contributed by atoms with Gasteiger partial charge in [0.1, 0.15) is 5.78 Å². The number of hydrogen-bond donors (Lipinski definition) is 1. The lowest BCUT2D eigenvalue weighted by atomic mass is 9.93. The fourth-order valence-electron chi connectivity index (χ4n) is 2.39. The number of carbonyl (C=O) groups is 2. The van der Waals surface area contributed by atoms with Crippen molar-refractivity contribution in [2.24, 2.45) is 0 Å². The Labute approximate surface area is 122 Å². The van der Waals surface area contributed by atoms with Gasteiger partial charge in [0, 0.05) is 43.8 Å². The lowest BCUT2D eigenvalue weighted by Crippen LogP contribution is -2.41. The number of urea groups is 1. The summed E-state index contributed by atoms with van der Waals surface area (Å²) < 4.78 is 0. The molecule has 7 nitrogen and oxygen atoms in total. The summed E-state index contributed by atoms with van der Waals surface area (Å²) in [5.74, 6) is 0.235. The largest absolute Gasteiger partial charge is 0.325 e. The number of nitro benzene ring substituents is 1. The van der Waals surface area contributed by atoms with Crippen LogP contribution in [-0.4, -0.2) is 34.7 Å². The minimum Gasteiger partial charge on any atom is -0.325 e. The standard InChI is InChI=1S/C14H17N3O4/c1-16(11-5-7-13(18)8-6-11)14(19)15-10-3-2-4-12(9-10)17(20)21/h2-4,9,11H,5-8H2,1H3,(H,15,19). The average Bonchev–Trinajstić information content (AvgIpc) is 2.47. The van der Waals surface area contributed by atoms with E-state index in [1.165, 1.54) is 18.2 Å². The topological polar surface area (TPSA) is 92.6 Å². The van der Waals surface area contributed by atoms with Gasteiger partial charge >= 0.3 is 6.03 Å². The van der Waals surface area contributed by atoms with Crippen LogP contribution in [0.1, 0.15) is 25.7 Å². The molecule has 112 valence electrons. The van der Waals surface area contributed by atoms with Gasteiger partial charge < -0.3 is 10.2 Å². The van der Waals surface area contributed by atoms with Crippen molar-refractivity contribution >= 4 is 23.2 Å². The first-order valence-corrected chi connectivity index (χ1v) is 6.77. The van der Waals surface area contributed by atoms with Crippen molar-refractivity contribution in [3.8, 4) is 0 Å². The van der Waals surface area contributed by atoms with Crippen molar-refractivity contribution in [1.29, 1.82) is 0 Å². The first-order chi connectivity index (χ1) is 9.97. The molecular weight excluding hydrogens is 274 g/mol. The molecule has 0 radical (unpaired) electrons. The van der Waals surface area contributed by atoms with Gasteiger partial charge in [-0.05, 0) is 18.9 Å². The van der Waals surface area contributed by atoms with E-state index in [1.54, 1.807) is 18.0 Å². The Balaban J connectivity index is 1.99. The third kappa shape index (κ3) is 3.77. The molecule has 0 atom stereocenters. The van der Waals surface area contributed by atoms with E-state index in [-0.39, 0.29) is 23.5 Å². The van der Waals surface area contributed by atoms with Gasteiger partial charge in [0.2, 0.25) is 0 Å². The minimum atomic E-state index is -0.508. The van der Waals surface area contributed by atoms with E-state index in [2.05, 4.69) is 5.32 Å². The molecule has 0 aromatic heterocycles. The third-order valence-electron chi connectivity index (χ3n) is 3.69. The number of Topliss-reactive ketones (excluding diaryl/α,β-unsaturated/α-hetero) is 1. The summed E-state index contributed by atoms with van der Waals surface area (Å²) in [6, 6.07) is 5.51. The summed E-state index contributed by atoms with van der Waals surface area (Å²) in [7, 11) is 1.67. The number of anilines is 1. The molecule has 2 amide bonds. The van der Waals surface area contributed by atoms with Crippen molar-refractivity contribution in [3.05, 3.63) is 34.4 Å². The Hall–Kier alpha value is -2.44. The van der Waals surface area contributed by atoms with Gasteiger partial charge in [-0.25, -0.2) is 4.79 Å². The van der Waals surface area contributed by atoms with Gasteiger partial charge in [-0.2, -0.15) is 0 Å². The Bertz CT molecular complexity index is 563. The molecule has 1 aliphatic carbocycles. The van der Waals surface area contributed by atoms with Crippen LogP contribution in [0.2, 0.25) is 0 Å². The summed E-state index contributed by atoms with van der Waals surface area (Å²) in [5, 5.41) is 13.3. The molecule has 1 saturated carbocycles. The molecule has 0 spiro atoms. The molecule has 0 unspecified atom stereocenters. The second-order valence-corrected chi connectivity index (χ2v) is 5.12. The number of carbonyl (C=O) groups excluding carboxylic acids is 2. The molecule has 1 aromatic carbocycles. The second-order valence-electron chi connectivity index (χ2n) is 5.12. The molecule has 0 saturated heterocycles. The summed E-state index contributed by atoms with van der Waals surface area (Å²) in [6.07, 6.45) is 2.33. The molecular formula is C14H17N3O4. The maximum Gasteiger partial charge on any atom is 0.321 e. The van der Waals surface area contributed by atoms with Gasteiger partial charge in [0.15, 0.2) is 0 Å². The number of rotatable bonds is 3. The zero-order valence-electron chi connectivity index (χ0n) is 11.7. The van der Waals surface area contributed by atoms with E-state index in [4.69, 9.17) is 0 Å². The van der Waals surface area contributed by atoms with Gasteiger partial charge in [0.05, 0.1) is 4.92 Å². The summed E-state index contributed by atoms with van der Waals surface area (Å²) in [6.45, 7) is 0. The number of benzene rings is 1. The Kier molecular flexibility index (Phi) is 4.52. The van der Waals surface area contributed by atoms with E-state index >= 15 is 0 Å². The predicted molar refractivity (Wildman–Crippen MR) is 77.1 cm³/mol. The summed E-state index contributed by atoms with van der Waals surface area (Å²) in [5.41, 5.74) is 0.312. The van der Waals surface area contributed by atoms with Crippen LogP contribution in [0.5, 0.6) is 0 Å². The van der Waals surface area contributed by atoms with E-state index < -0.39 is 4.92 Å². The fraction of sp³-hybridized carbons (Fsp3) is 0.429. The average molecular weight is 291 g/mol. The van der Waals surface area contributed by atoms with Crippen LogP contribution in [0.25, 0.3) is 0 Å². The maximum atomic E-state index is 12.1. The van der Waals surface area contributed by atoms with Crippen molar-refractivity contribution < 1.29 is 14.5 Å². The highest BCUT2D eigenvalue weighted by atomic mass is 16.6. The van der Waals surface area contributed by atoms with Crippen LogP contribution in [-0.2, 0) is 4.79 Å². The van der Waals surface area contributed by atoms with Crippen molar-refractivity contribution in [1.82, 2.24) is 4.90 Å². The quantitative estimate of drug-likeness (QED) is 0.684. The Morgan fingerprint density at radius 2 is 2.05 bits per heavy atom. The molecule has 1 aromatic rings.